The van der Waals surface area contributed by atoms with Crippen LogP contribution in [-0.4, -0.2) is 63.9 Å². The van der Waals surface area contributed by atoms with E-state index in [0.29, 0.717) is 54.6 Å². The maximum absolute atomic E-state index is 12.7. The molecule has 0 atom stereocenters. The second-order valence-corrected chi connectivity index (χ2v) is 7.92. The van der Waals surface area contributed by atoms with Crippen LogP contribution >= 0.6 is 0 Å². The minimum Gasteiger partial charge on any atom is -0.352 e. The number of nitrogens with zero attached hydrogens (tertiary/aromatic N) is 7. The first-order valence-corrected chi connectivity index (χ1v) is 9.89. The first-order valence-electron chi connectivity index (χ1n) is 8.45. The summed E-state index contributed by atoms with van der Waals surface area (Å²) in [5, 5.41) is 8.29. The highest BCUT2D eigenvalue weighted by atomic mass is 32.2. The Bertz CT molecular complexity index is 1010. The molecule has 1 saturated heterocycles. The molecule has 0 unspecified atom stereocenters. The lowest BCUT2D eigenvalue weighted by Crippen LogP contribution is -2.49. The lowest BCUT2D eigenvalue weighted by atomic mass is 10.3. The van der Waals surface area contributed by atoms with Crippen molar-refractivity contribution in [2.75, 3.05) is 31.1 Å². The van der Waals surface area contributed by atoms with Crippen molar-refractivity contribution in [2.45, 2.75) is 18.4 Å². The van der Waals surface area contributed by atoms with E-state index < -0.39 is 10.0 Å². The summed E-state index contributed by atoms with van der Waals surface area (Å²) in [6.07, 6.45) is 1.50. The Hall–Kier alpha value is -2.59. The number of hydrogen-bond donors (Lipinski definition) is 0. The average molecular weight is 373 g/mol. The molecule has 9 nitrogen and oxygen atoms in total. The third kappa shape index (κ3) is 2.80. The van der Waals surface area contributed by atoms with Gasteiger partial charge in [-0.3, -0.25) is 0 Å². The zero-order chi connectivity index (χ0) is 18.1. The van der Waals surface area contributed by atoms with Crippen LogP contribution in [0.4, 0.5) is 5.82 Å². The molecule has 0 radical (unpaired) electrons. The summed E-state index contributed by atoms with van der Waals surface area (Å²) in [5.74, 6) is 0.700. The third-order valence-corrected chi connectivity index (χ3v) is 6.41. The molecule has 0 aliphatic carbocycles. The van der Waals surface area contributed by atoms with Crippen molar-refractivity contribution in [2.24, 2.45) is 0 Å². The van der Waals surface area contributed by atoms with Gasteiger partial charge in [0.15, 0.2) is 17.0 Å². The van der Waals surface area contributed by atoms with E-state index in [0.717, 1.165) is 0 Å². The van der Waals surface area contributed by atoms with Crippen LogP contribution in [0.2, 0.25) is 0 Å². The van der Waals surface area contributed by atoms with Gasteiger partial charge in [0.05, 0.1) is 4.90 Å². The number of rotatable bonds is 4. The van der Waals surface area contributed by atoms with E-state index in [4.69, 9.17) is 0 Å². The summed E-state index contributed by atoms with van der Waals surface area (Å²) in [5.41, 5.74) is 1.34. The Labute approximate surface area is 151 Å². The number of fused-ring (bicyclic) bond motifs is 1. The molecular weight excluding hydrogens is 354 g/mol. The number of aromatic nitrogens is 5. The quantitative estimate of drug-likeness (QED) is 0.666. The van der Waals surface area contributed by atoms with Gasteiger partial charge < -0.3 is 4.90 Å². The van der Waals surface area contributed by atoms with E-state index in [2.05, 4.69) is 20.3 Å². The fraction of sp³-hybridized carbons (Fsp3) is 0.375. The molecule has 3 aromatic rings. The molecule has 26 heavy (non-hydrogen) atoms. The highest BCUT2D eigenvalue weighted by Crippen LogP contribution is 2.23. The first-order chi connectivity index (χ1) is 12.6. The summed E-state index contributed by atoms with van der Waals surface area (Å²) < 4.78 is 28.7. The van der Waals surface area contributed by atoms with E-state index >= 15 is 0 Å². The zero-order valence-corrected chi connectivity index (χ0v) is 15.2. The van der Waals surface area contributed by atoms with Crippen LogP contribution < -0.4 is 4.90 Å². The monoisotopic (exact) mass is 373 g/mol. The van der Waals surface area contributed by atoms with Gasteiger partial charge in [-0.15, -0.1) is 5.10 Å². The van der Waals surface area contributed by atoms with Crippen molar-refractivity contribution < 1.29 is 8.42 Å². The minimum atomic E-state index is -3.47. The van der Waals surface area contributed by atoms with Crippen molar-refractivity contribution in [1.82, 2.24) is 29.3 Å². The molecular formula is C16H19N7O2S. The maximum atomic E-state index is 12.7. The Balaban J connectivity index is 1.55. The van der Waals surface area contributed by atoms with Gasteiger partial charge in [0.1, 0.15) is 6.33 Å². The molecule has 0 spiro atoms. The van der Waals surface area contributed by atoms with E-state index in [-0.39, 0.29) is 0 Å². The van der Waals surface area contributed by atoms with Crippen molar-refractivity contribution >= 4 is 27.0 Å². The molecule has 0 saturated carbocycles. The van der Waals surface area contributed by atoms with Crippen molar-refractivity contribution in [3.8, 4) is 0 Å². The van der Waals surface area contributed by atoms with Crippen LogP contribution in [0.1, 0.15) is 6.92 Å². The lowest BCUT2D eigenvalue weighted by Gasteiger charge is -2.34. The first kappa shape index (κ1) is 16.9. The molecule has 10 heteroatoms. The highest BCUT2D eigenvalue weighted by Gasteiger charge is 2.29. The van der Waals surface area contributed by atoms with Crippen LogP contribution in [0, 0.1) is 0 Å². The Morgan fingerprint density at radius 2 is 1.77 bits per heavy atom. The van der Waals surface area contributed by atoms with Crippen molar-refractivity contribution in [3.05, 3.63) is 36.7 Å². The molecule has 2 aromatic heterocycles. The lowest BCUT2D eigenvalue weighted by molar-refractivity contribution is 0.384. The number of aryl methyl sites for hydroxylation is 1. The topological polar surface area (TPSA) is 97.1 Å². The number of piperazine rings is 1. The normalized spacial score (nSPS) is 16.3. The Morgan fingerprint density at radius 1 is 1.04 bits per heavy atom. The smallest absolute Gasteiger partial charge is 0.243 e. The number of hydrogen-bond acceptors (Lipinski definition) is 7. The van der Waals surface area contributed by atoms with Crippen molar-refractivity contribution in [1.29, 1.82) is 0 Å². The van der Waals surface area contributed by atoms with Crippen LogP contribution in [0.15, 0.2) is 41.6 Å². The summed E-state index contributed by atoms with van der Waals surface area (Å²) >= 11 is 0. The van der Waals surface area contributed by atoms with Crippen LogP contribution in [0.25, 0.3) is 11.2 Å². The standard InChI is InChI=1S/C16H19N7O2S/c1-2-23-16-14(19-20-23)15(17-12-18-16)21-8-10-22(11-9-21)26(24,25)13-6-4-3-5-7-13/h3-7,12H,2,8-11H2,1H3. The Kier molecular flexibility index (Phi) is 4.29. The van der Waals surface area contributed by atoms with E-state index in [9.17, 15) is 8.42 Å². The predicted molar refractivity (Wildman–Crippen MR) is 96.2 cm³/mol. The largest absolute Gasteiger partial charge is 0.352 e. The molecule has 4 rings (SSSR count). The number of benzene rings is 1. The summed E-state index contributed by atoms with van der Waals surface area (Å²) in [7, 11) is -3.47. The van der Waals surface area contributed by atoms with Gasteiger partial charge in [0.25, 0.3) is 0 Å². The van der Waals surface area contributed by atoms with Gasteiger partial charge >= 0.3 is 0 Å². The fourth-order valence-corrected chi connectivity index (χ4v) is 4.55. The van der Waals surface area contributed by atoms with E-state index in [1.165, 1.54) is 10.6 Å². The molecule has 136 valence electrons. The van der Waals surface area contributed by atoms with Gasteiger partial charge in [0.2, 0.25) is 10.0 Å². The van der Waals surface area contributed by atoms with Gasteiger partial charge in [-0.1, -0.05) is 23.4 Å². The Morgan fingerprint density at radius 3 is 2.46 bits per heavy atom. The average Bonchev–Trinajstić information content (AvgIpc) is 3.12. The summed E-state index contributed by atoms with van der Waals surface area (Å²) in [6.45, 7) is 4.52. The van der Waals surface area contributed by atoms with Crippen LogP contribution in [-0.2, 0) is 16.6 Å². The SMILES string of the molecule is CCn1nnc2c(N3CCN(S(=O)(=O)c4ccccc4)CC3)ncnc21. The fourth-order valence-electron chi connectivity index (χ4n) is 3.11. The molecule has 1 aromatic carbocycles. The van der Waals surface area contributed by atoms with Gasteiger partial charge in [-0.2, -0.15) is 4.31 Å². The highest BCUT2D eigenvalue weighted by molar-refractivity contribution is 7.89. The van der Waals surface area contributed by atoms with E-state index in [1.54, 1.807) is 35.0 Å². The van der Waals surface area contributed by atoms with Gasteiger partial charge in [-0.25, -0.2) is 23.1 Å². The van der Waals surface area contributed by atoms with Crippen molar-refractivity contribution in [3.63, 3.8) is 0 Å². The number of sulfonamides is 1. The minimum absolute atomic E-state index is 0.323. The summed E-state index contributed by atoms with van der Waals surface area (Å²) in [6, 6.07) is 8.52. The van der Waals surface area contributed by atoms with E-state index in [1.807, 2.05) is 11.8 Å². The second kappa shape index (κ2) is 6.61. The molecule has 3 heterocycles. The molecule has 1 aliphatic rings. The van der Waals surface area contributed by atoms with Crippen LogP contribution in [0.5, 0.6) is 0 Å². The van der Waals surface area contributed by atoms with Gasteiger partial charge in [0, 0.05) is 32.7 Å². The molecule has 1 aliphatic heterocycles. The molecule has 1 fully saturated rings. The third-order valence-electron chi connectivity index (χ3n) is 4.50. The summed E-state index contributed by atoms with van der Waals surface area (Å²) in [4.78, 5) is 11.0. The molecule has 0 bridgehead atoms. The van der Waals surface area contributed by atoms with Crippen LogP contribution in [0.3, 0.4) is 0 Å². The second-order valence-electron chi connectivity index (χ2n) is 5.98. The maximum Gasteiger partial charge on any atom is 0.243 e. The van der Waals surface area contributed by atoms with Gasteiger partial charge in [-0.05, 0) is 19.1 Å². The molecule has 0 N–H and O–H groups in total. The predicted octanol–water partition coefficient (Wildman–Crippen LogP) is 0.752. The molecule has 0 amide bonds. The number of anilines is 1. The zero-order valence-electron chi connectivity index (χ0n) is 14.4.